The molecule has 0 fully saturated rings. The zero-order valence-corrected chi connectivity index (χ0v) is 11.6. The number of hydrogen-bond donors (Lipinski definition) is 3. The molecule has 0 aliphatic heterocycles. The molecule has 0 saturated carbocycles. The van der Waals surface area contributed by atoms with Gasteiger partial charge in [-0.2, -0.15) is 0 Å². The number of thiophene rings is 1. The molecule has 0 bridgehead atoms. The third-order valence-electron chi connectivity index (χ3n) is 2.86. The molecule has 1 unspecified atom stereocenters. The van der Waals surface area contributed by atoms with Gasteiger partial charge in [0.15, 0.2) is 0 Å². The standard InChI is InChI=1S/C14H14N2O3S/c1-8-7-9(4-5-10(8)14(18)19)16-13(17)12(15)11-3-2-6-20-11/h2-7,12H,15H2,1H3,(H,16,17)(H,18,19). The van der Waals surface area contributed by atoms with E-state index in [1.807, 2.05) is 11.4 Å². The molecule has 2 aromatic rings. The van der Waals surface area contributed by atoms with Crippen LogP contribution in [0.5, 0.6) is 0 Å². The van der Waals surface area contributed by atoms with Crippen LogP contribution in [0.3, 0.4) is 0 Å². The molecule has 1 heterocycles. The second-order valence-corrected chi connectivity index (χ2v) is 5.30. The Morgan fingerprint density at radius 1 is 1.35 bits per heavy atom. The number of carboxylic acid groups (broad SMARTS) is 1. The number of anilines is 1. The summed E-state index contributed by atoms with van der Waals surface area (Å²) >= 11 is 1.42. The molecule has 104 valence electrons. The molecule has 1 amide bonds. The summed E-state index contributed by atoms with van der Waals surface area (Å²) < 4.78 is 0. The third kappa shape index (κ3) is 3.04. The van der Waals surface area contributed by atoms with E-state index in [2.05, 4.69) is 5.32 Å². The van der Waals surface area contributed by atoms with Gasteiger partial charge >= 0.3 is 5.97 Å². The minimum atomic E-state index is -0.990. The highest BCUT2D eigenvalue weighted by atomic mass is 32.1. The van der Waals surface area contributed by atoms with E-state index in [0.29, 0.717) is 11.3 Å². The number of benzene rings is 1. The molecule has 0 spiro atoms. The number of carboxylic acids is 1. The summed E-state index contributed by atoms with van der Waals surface area (Å²) in [6.45, 7) is 1.68. The number of carbonyl (C=O) groups is 2. The Kier molecular flexibility index (Phi) is 4.16. The van der Waals surface area contributed by atoms with E-state index >= 15 is 0 Å². The topological polar surface area (TPSA) is 92.4 Å². The van der Waals surface area contributed by atoms with Gasteiger partial charge in [-0.15, -0.1) is 11.3 Å². The molecule has 0 aliphatic carbocycles. The monoisotopic (exact) mass is 290 g/mol. The Bertz CT molecular complexity index is 638. The first-order chi connectivity index (χ1) is 9.49. The summed E-state index contributed by atoms with van der Waals surface area (Å²) in [6, 6.07) is 7.53. The molecular weight excluding hydrogens is 276 g/mol. The van der Waals surface area contributed by atoms with Gasteiger partial charge in [-0.1, -0.05) is 6.07 Å². The second kappa shape index (κ2) is 5.85. The van der Waals surface area contributed by atoms with Gasteiger partial charge in [0.2, 0.25) is 5.91 Å². The maximum atomic E-state index is 12.0. The summed E-state index contributed by atoms with van der Waals surface area (Å²) in [4.78, 5) is 23.7. The third-order valence-corrected chi connectivity index (χ3v) is 3.81. The number of rotatable bonds is 4. The van der Waals surface area contributed by atoms with E-state index in [1.165, 1.54) is 17.4 Å². The predicted octanol–water partition coefficient (Wildman–Crippen LogP) is 2.39. The van der Waals surface area contributed by atoms with E-state index in [1.54, 1.807) is 25.1 Å². The Morgan fingerprint density at radius 2 is 2.10 bits per heavy atom. The van der Waals surface area contributed by atoms with Crippen LogP contribution in [-0.2, 0) is 4.79 Å². The molecule has 6 heteroatoms. The minimum absolute atomic E-state index is 0.213. The van der Waals surface area contributed by atoms with Crippen molar-refractivity contribution in [3.05, 3.63) is 51.7 Å². The van der Waals surface area contributed by atoms with Gasteiger partial charge in [0, 0.05) is 10.6 Å². The lowest BCUT2D eigenvalue weighted by Crippen LogP contribution is -2.27. The van der Waals surface area contributed by atoms with Crippen LogP contribution in [-0.4, -0.2) is 17.0 Å². The highest BCUT2D eigenvalue weighted by Gasteiger charge is 2.17. The van der Waals surface area contributed by atoms with Gasteiger partial charge in [0.25, 0.3) is 0 Å². The van der Waals surface area contributed by atoms with Crippen molar-refractivity contribution in [2.24, 2.45) is 5.73 Å². The number of amides is 1. The number of aromatic carboxylic acids is 1. The number of aryl methyl sites for hydroxylation is 1. The fourth-order valence-corrected chi connectivity index (χ4v) is 2.52. The van der Waals surface area contributed by atoms with Crippen LogP contribution in [0.1, 0.15) is 26.8 Å². The number of nitrogens with two attached hydrogens (primary N) is 1. The number of nitrogens with one attached hydrogen (secondary N) is 1. The highest BCUT2D eigenvalue weighted by Crippen LogP contribution is 2.20. The summed E-state index contributed by atoms with van der Waals surface area (Å²) in [5, 5.41) is 13.5. The zero-order valence-electron chi connectivity index (χ0n) is 10.8. The fourth-order valence-electron chi connectivity index (χ4n) is 1.80. The SMILES string of the molecule is Cc1cc(NC(=O)C(N)c2cccs2)ccc1C(=O)O. The van der Waals surface area contributed by atoms with Crippen molar-refractivity contribution in [1.29, 1.82) is 0 Å². The molecule has 0 aliphatic rings. The van der Waals surface area contributed by atoms with E-state index in [-0.39, 0.29) is 11.5 Å². The van der Waals surface area contributed by atoms with Crippen molar-refractivity contribution in [2.45, 2.75) is 13.0 Å². The molecule has 2 rings (SSSR count). The summed E-state index contributed by atoms with van der Waals surface area (Å²) in [5.74, 6) is -1.31. The smallest absolute Gasteiger partial charge is 0.335 e. The van der Waals surface area contributed by atoms with Gasteiger partial charge in [-0.05, 0) is 42.1 Å². The van der Waals surface area contributed by atoms with Crippen molar-refractivity contribution < 1.29 is 14.7 Å². The van der Waals surface area contributed by atoms with Crippen LogP contribution < -0.4 is 11.1 Å². The van der Waals surface area contributed by atoms with Gasteiger partial charge in [0.1, 0.15) is 6.04 Å². The van der Waals surface area contributed by atoms with E-state index < -0.39 is 12.0 Å². The normalized spacial score (nSPS) is 11.9. The number of hydrogen-bond acceptors (Lipinski definition) is 4. The Balaban J connectivity index is 2.12. The maximum absolute atomic E-state index is 12.0. The van der Waals surface area contributed by atoms with Crippen LogP contribution >= 0.6 is 11.3 Å². The lowest BCUT2D eigenvalue weighted by atomic mass is 10.1. The quantitative estimate of drug-likeness (QED) is 0.806. The first kappa shape index (κ1) is 14.2. The molecule has 1 aromatic carbocycles. The Morgan fingerprint density at radius 3 is 2.65 bits per heavy atom. The number of carbonyl (C=O) groups excluding carboxylic acids is 1. The van der Waals surface area contributed by atoms with Crippen molar-refractivity contribution in [3.63, 3.8) is 0 Å². The average Bonchev–Trinajstić information content (AvgIpc) is 2.91. The largest absolute Gasteiger partial charge is 0.478 e. The summed E-state index contributed by atoms with van der Waals surface area (Å²) in [7, 11) is 0. The average molecular weight is 290 g/mol. The van der Waals surface area contributed by atoms with Crippen LogP contribution in [0.4, 0.5) is 5.69 Å². The van der Waals surface area contributed by atoms with Crippen molar-refractivity contribution in [2.75, 3.05) is 5.32 Å². The van der Waals surface area contributed by atoms with E-state index in [4.69, 9.17) is 10.8 Å². The highest BCUT2D eigenvalue weighted by molar-refractivity contribution is 7.10. The summed E-state index contributed by atoms with van der Waals surface area (Å²) in [5.41, 5.74) is 7.18. The van der Waals surface area contributed by atoms with Crippen LogP contribution in [0.25, 0.3) is 0 Å². The van der Waals surface area contributed by atoms with Gasteiger partial charge < -0.3 is 16.2 Å². The summed E-state index contributed by atoms with van der Waals surface area (Å²) in [6.07, 6.45) is 0. The maximum Gasteiger partial charge on any atom is 0.335 e. The lowest BCUT2D eigenvalue weighted by Gasteiger charge is -2.11. The minimum Gasteiger partial charge on any atom is -0.478 e. The predicted molar refractivity (Wildman–Crippen MR) is 78.0 cm³/mol. The molecular formula is C14H14N2O3S. The van der Waals surface area contributed by atoms with E-state index in [9.17, 15) is 9.59 Å². The zero-order chi connectivity index (χ0) is 14.7. The first-order valence-corrected chi connectivity index (χ1v) is 6.81. The lowest BCUT2D eigenvalue weighted by molar-refractivity contribution is -0.117. The van der Waals surface area contributed by atoms with Crippen molar-refractivity contribution >= 4 is 28.9 Å². The van der Waals surface area contributed by atoms with Crippen LogP contribution in [0.2, 0.25) is 0 Å². The van der Waals surface area contributed by atoms with Gasteiger partial charge in [-0.3, -0.25) is 4.79 Å². The van der Waals surface area contributed by atoms with Gasteiger partial charge in [0.05, 0.1) is 5.56 Å². The van der Waals surface area contributed by atoms with Crippen molar-refractivity contribution in [3.8, 4) is 0 Å². The van der Waals surface area contributed by atoms with Crippen LogP contribution in [0, 0.1) is 6.92 Å². The second-order valence-electron chi connectivity index (χ2n) is 4.32. The van der Waals surface area contributed by atoms with Crippen LogP contribution in [0.15, 0.2) is 35.7 Å². The van der Waals surface area contributed by atoms with E-state index in [0.717, 1.165) is 4.88 Å². The molecule has 1 atom stereocenters. The molecule has 5 nitrogen and oxygen atoms in total. The van der Waals surface area contributed by atoms with Crippen molar-refractivity contribution in [1.82, 2.24) is 0 Å². The molecule has 20 heavy (non-hydrogen) atoms. The first-order valence-electron chi connectivity index (χ1n) is 5.93. The molecule has 0 saturated heterocycles. The van der Waals surface area contributed by atoms with Gasteiger partial charge in [-0.25, -0.2) is 4.79 Å². The molecule has 4 N–H and O–H groups in total. The Hall–Kier alpha value is -2.18. The molecule has 1 aromatic heterocycles. The fraction of sp³-hybridized carbons (Fsp3) is 0.143. The molecule has 0 radical (unpaired) electrons. The Labute approximate surface area is 120 Å².